The Kier molecular flexibility index (Phi) is 3.89. The van der Waals surface area contributed by atoms with Crippen molar-refractivity contribution in [3.05, 3.63) is 30.1 Å². The zero-order chi connectivity index (χ0) is 14.9. The Labute approximate surface area is 126 Å². The summed E-state index contributed by atoms with van der Waals surface area (Å²) in [4.78, 5) is 7.08. The maximum absolute atomic E-state index is 9.74. The zero-order valence-electron chi connectivity index (χ0n) is 13.0. The van der Waals surface area contributed by atoms with Crippen molar-refractivity contribution in [1.29, 1.82) is 0 Å². The van der Waals surface area contributed by atoms with Gasteiger partial charge in [0.15, 0.2) is 5.82 Å². The predicted molar refractivity (Wildman–Crippen MR) is 85.6 cm³/mol. The average Bonchev–Trinajstić information content (AvgIpc) is 2.93. The van der Waals surface area contributed by atoms with E-state index in [9.17, 15) is 5.11 Å². The zero-order valence-corrected chi connectivity index (χ0v) is 13.0. The molecule has 4 heteroatoms. The molecule has 0 atom stereocenters. The number of imidazole rings is 1. The van der Waals surface area contributed by atoms with Crippen LogP contribution in [0.3, 0.4) is 0 Å². The van der Waals surface area contributed by atoms with Crippen molar-refractivity contribution in [1.82, 2.24) is 9.38 Å². The van der Waals surface area contributed by atoms with Gasteiger partial charge in [0, 0.05) is 19.3 Å². The second-order valence-corrected chi connectivity index (χ2v) is 6.16. The molecule has 2 aromatic rings. The number of fused-ring (bicyclic) bond motifs is 1. The third kappa shape index (κ3) is 2.42. The number of nitrogens with zero attached hydrogens (tertiary/aromatic N) is 3. The first-order chi connectivity index (χ1) is 10.2. The highest BCUT2D eigenvalue weighted by Crippen LogP contribution is 2.39. The predicted octanol–water partition coefficient (Wildman–Crippen LogP) is 3.23. The minimum atomic E-state index is 0.0315. The molecule has 2 aromatic heterocycles. The van der Waals surface area contributed by atoms with Gasteiger partial charge < -0.3 is 10.0 Å². The molecule has 21 heavy (non-hydrogen) atoms. The monoisotopic (exact) mass is 287 g/mol. The summed E-state index contributed by atoms with van der Waals surface area (Å²) in [5, 5.41) is 9.74. The van der Waals surface area contributed by atoms with Crippen LogP contribution in [0, 0.1) is 5.41 Å². The fourth-order valence-corrected chi connectivity index (χ4v) is 3.58. The van der Waals surface area contributed by atoms with Gasteiger partial charge in [-0.1, -0.05) is 32.8 Å². The minimum Gasteiger partial charge on any atom is -0.390 e. The minimum absolute atomic E-state index is 0.0315. The summed E-state index contributed by atoms with van der Waals surface area (Å²) >= 11 is 0. The Balaban J connectivity index is 1.88. The van der Waals surface area contributed by atoms with Gasteiger partial charge >= 0.3 is 0 Å². The summed E-state index contributed by atoms with van der Waals surface area (Å²) in [6, 6.07) is 5.96. The van der Waals surface area contributed by atoms with Crippen LogP contribution in [0.5, 0.6) is 0 Å². The second kappa shape index (κ2) is 5.68. The van der Waals surface area contributed by atoms with Crippen LogP contribution in [0.25, 0.3) is 5.65 Å². The van der Waals surface area contributed by atoms with Crippen molar-refractivity contribution < 1.29 is 5.11 Å². The molecule has 1 aliphatic rings. The molecule has 4 nitrogen and oxygen atoms in total. The number of aliphatic hydroxyl groups is 1. The van der Waals surface area contributed by atoms with Crippen LogP contribution in [0.4, 0.5) is 5.82 Å². The highest BCUT2D eigenvalue weighted by molar-refractivity contribution is 5.56. The number of piperidine rings is 1. The Morgan fingerprint density at radius 2 is 1.90 bits per heavy atom. The third-order valence-corrected chi connectivity index (χ3v) is 5.38. The summed E-state index contributed by atoms with van der Waals surface area (Å²) in [7, 11) is 0. The molecule has 3 heterocycles. The van der Waals surface area contributed by atoms with Crippen LogP contribution in [-0.2, 0) is 6.61 Å². The smallest absolute Gasteiger partial charge is 0.153 e. The quantitative estimate of drug-likeness (QED) is 0.938. The SMILES string of the molecule is CCC1(CC)CCN(c2nc3ccccn3c2CO)CC1. The summed E-state index contributed by atoms with van der Waals surface area (Å²) in [5.41, 5.74) is 2.33. The van der Waals surface area contributed by atoms with Crippen molar-refractivity contribution in [3.63, 3.8) is 0 Å². The number of aromatic nitrogens is 2. The molecular weight excluding hydrogens is 262 g/mol. The van der Waals surface area contributed by atoms with Gasteiger partial charge in [-0.15, -0.1) is 0 Å². The molecule has 114 valence electrons. The first kappa shape index (κ1) is 14.4. The molecule has 0 bridgehead atoms. The molecular formula is C17H25N3O. The number of hydrogen-bond acceptors (Lipinski definition) is 3. The molecule has 0 aromatic carbocycles. The Morgan fingerprint density at radius 3 is 2.52 bits per heavy atom. The maximum Gasteiger partial charge on any atom is 0.153 e. The first-order valence-electron chi connectivity index (χ1n) is 8.05. The van der Waals surface area contributed by atoms with Crippen LogP contribution in [0.2, 0.25) is 0 Å². The average molecular weight is 287 g/mol. The highest BCUT2D eigenvalue weighted by atomic mass is 16.3. The molecule has 0 aliphatic carbocycles. The molecule has 0 saturated carbocycles. The van der Waals surface area contributed by atoms with E-state index in [0.717, 1.165) is 30.2 Å². The van der Waals surface area contributed by atoms with Gasteiger partial charge in [-0.2, -0.15) is 0 Å². The molecule has 0 unspecified atom stereocenters. The third-order valence-electron chi connectivity index (χ3n) is 5.38. The van der Waals surface area contributed by atoms with E-state index in [4.69, 9.17) is 4.98 Å². The van der Waals surface area contributed by atoms with Crippen molar-refractivity contribution in [2.45, 2.75) is 46.1 Å². The van der Waals surface area contributed by atoms with Gasteiger partial charge in [0.25, 0.3) is 0 Å². The standard InChI is InChI=1S/C17H25N3O/c1-3-17(4-2)8-11-19(12-9-17)16-14(13-21)20-10-6-5-7-15(20)18-16/h5-7,10,21H,3-4,8-9,11-13H2,1-2H3. The Hall–Kier alpha value is -1.55. The lowest BCUT2D eigenvalue weighted by atomic mass is 9.74. The van der Waals surface area contributed by atoms with E-state index in [-0.39, 0.29) is 6.61 Å². The molecule has 1 aliphatic heterocycles. The normalized spacial score (nSPS) is 18.3. The van der Waals surface area contributed by atoms with Gasteiger partial charge in [0.1, 0.15) is 5.65 Å². The molecule has 1 N–H and O–H groups in total. The van der Waals surface area contributed by atoms with Crippen molar-refractivity contribution in [2.24, 2.45) is 5.41 Å². The molecule has 1 saturated heterocycles. The largest absolute Gasteiger partial charge is 0.390 e. The van der Waals surface area contributed by atoms with E-state index < -0.39 is 0 Å². The summed E-state index contributed by atoms with van der Waals surface area (Å²) in [5.74, 6) is 0.963. The lowest BCUT2D eigenvalue weighted by Crippen LogP contribution is -2.40. The first-order valence-corrected chi connectivity index (χ1v) is 8.05. The number of rotatable bonds is 4. The van der Waals surface area contributed by atoms with Gasteiger partial charge in [0.2, 0.25) is 0 Å². The van der Waals surface area contributed by atoms with Crippen LogP contribution >= 0.6 is 0 Å². The van der Waals surface area contributed by atoms with Crippen molar-refractivity contribution in [3.8, 4) is 0 Å². The number of hydrogen-bond donors (Lipinski definition) is 1. The number of aliphatic hydroxyl groups excluding tert-OH is 1. The van der Waals surface area contributed by atoms with Crippen molar-refractivity contribution in [2.75, 3.05) is 18.0 Å². The Bertz CT molecular complexity index is 606. The topological polar surface area (TPSA) is 40.8 Å². The lowest BCUT2D eigenvalue weighted by Gasteiger charge is -2.41. The molecule has 3 rings (SSSR count). The highest BCUT2D eigenvalue weighted by Gasteiger charge is 2.32. The molecule has 0 spiro atoms. The van der Waals surface area contributed by atoms with E-state index in [2.05, 4.69) is 18.7 Å². The Morgan fingerprint density at radius 1 is 1.19 bits per heavy atom. The van der Waals surface area contributed by atoms with E-state index in [1.165, 1.54) is 25.7 Å². The lowest BCUT2D eigenvalue weighted by molar-refractivity contribution is 0.198. The number of anilines is 1. The molecule has 0 amide bonds. The van der Waals surface area contributed by atoms with E-state index in [1.54, 1.807) is 0 Å². The van der Waals surface area contributed by atoms with Gasteiger partial charge in [-0.3, -0.25) is 4.40 Å². The molecule has 0 radical (unpaired) electrons. The fourth-order valence-electron chi connectivity index (χ4n) is 3.58. The van der Waals surface area contributed by atoms with Crippen LogP contribution < -0.4 is 4.90 Å². The summed E-state index contributed by atoms with van der Waals surface area (Å²) < 4.78 is 2.00. The van der Waals surface area contributed by atoms with Crippen LogP contribution in [-0.4, -0.2) is 27.6 Å². The van der Waals surface area contributed by atoms with Crippen LogP contribution in [0.15, 0.2) is 24.4 Å². The maximum atomic E-state index is 9.74. The van der Waals surface area contributed by atoms with E-state index in [0.29, 0.717) is 5.41 Å². The molecule has 1 fully saturated rings. The van der Waals surface area contributed by atoms with Gasteiger partial charge in [0.05, 0.1) is 12.3 Å². The van der Waals surface area contributed by atoms with Gasteiger partial charge in [-0.25, -0.2) is 4.98 Å². The summed E-state index contributed by atoms with van der Waals surface area (Å²) in [6.45, 7) is 6.73. The van der Waals surface area contributed by atoms with Gasteiger partial charge in [-0.05, 0) is 30.4 Å². The van der Waals surface area contributed by atoms with Crippen molar-refractivity contribution >= 4 is 11.5 Å². The number of pyridine rings is 1. The van der Waals surface area contributed by atoms with E-state index in [1.807, 2.05) is 28.8 Å². The second-order valence-electron chi connectivity index (χ2n) is 6.16. The summed E-state index contributed by atoms with van der Waals surface area (Å²) in [6.07, 6.45) is 6.94. The fraction of sp³-hybridized carbons (Fsp3) is 0.588. The van der Waals surface area contributed by atoms with Crippen LogP contribution in [0.1, 0.15) is 45.2 Å². The van der Waals surface area contributed by atoms with E-state index >= 15 is 0 Å².